The Morgan fingerprint density at radius 1 is 1.50 bits per heavy atom. The van der Waals surface area contributed by atoms with E-state index in [0.717, 1.165) is 36.4 Å². The van der Waals surface area contributed by atoms with Crippen LogP contribution in [0.5, 0.6) is 0 Å². The predicted octanol–water partition coefficient (Wildman–Crippen LogP) is 2.77. The molecule has 7 heteroatoms. The molecule has 2 unspecified atom stereocenters. The normalized spacial score (nSPS) is 21.6. The molecule has 0 aliphatic heterocycles. The minimum Gasteiger partial charge on any atom is -0.340 e. The summed E-state index contributed by atoms with van der Waals surface area (Å²) in [5.74, 6) is 0.328. The van der Waals surface area contributed by atoms with Gasteiger partial charge in [0.2, 0.25) is 5.91 Å². The number of thiazole rings is 1. The van der Waals surface area contributed by atoms with E-state index < -0.39 is 0 Å². The molecule has 0 radical (unpaired) electrons. The van der Waals surface area contributed by atoms with Crippen molar-refractivity contribution in [3.8, 4) is 0 Å². The largest absolute Gasteiger partial charge is 0.340 e. The molecule has 1 aliphatic rings. The molecule has 1 saturated carbocycles. The zero-order valence-corrected chi connectivity index (χ0v) is 14.3. The number of nitrogens with zero attached hydrogens (tertiary/aromatic N) is 2. The molecule has 1 aromatic rings. The van der Waals surface area contributed by atoms with E-state index in [1.54, 1.807) is 16.2 Å². The van der Waals surface area contributed by atoms with E-state index in [1.807, 2.05) is 19.4 Å². The highest BCUT2D eigenvalue weighted by Gasteiger charge is 2.27. The highest BCUT2D eigenvalue weighted by molar-refractivity contribution is 7.09. The highest BCUT2D eigenvalue weighted by atomic mass is 35.5. The summed E-state index contributed by atoms with van der Waals surface area (Å²) in [4.78, 5) is 18.5. The Bertz CT molecular complexity index is 428. The van der Waals surface area contributed by atoms with Gasteiger partial charge in [-0.3, -0.25) is 4.79 Å². The third kappa shape index (κ3) is 5.20. The average molecular weight is 340 g/mol. The summed E-state index contributed by atoms with van der Waals surface area (Å²) in [6.07, 6.45) is 3.94. The molecule has 116 valence electrons. The van der Waals surface area contributed by atoms with Gasteiger partial charge in [0.1, 0.15) is 0 Å². The number of nitrogens with two attached hydrogens (primary N) is 1. The summed E-state index contributed by atoms with van der Waals surface area (Å²) >= 11 is 1.63. The van der Waals surface area contributed by atoms with Crippen molar-refractivity contribution in [3.05, 3.63) is 16.1 Å². The molecule has 1 heterocycles. The minimum atomic E-state index is 0. The van der Waals surface area contributed by atoms with Crippen molar-refractivity contribution in [1.29, 1.82) is 0 Å². The summed E-state index contributed by atoms with van der Waals surface area (Å²) < 4.78 is 0. The highest BCUT2D eigenvalue weighted by Crippen LogP contribution is 2.25. The summed E-state index contributed by atoms with van der Waals surface area (Å²) in [5.41, 5.74) is 6.92. The van der Waals surface area contributed by atoms with Crippen molar-refractivity contribution < 1.29 is 4.79 Å². The Morgan fingerprint density at radius 3 is 2.75 bits per heavy atom. The van der Waals surface area contributed by atoms with Crippen LogP contribution in [0, 0.1) is 12.8 Å². The number of aromatic nitrogens is 1. The van der Waals surface area contributed by atoms with Gasteiger partial charge in [-0.25, -0.2) is 4.98 Å². The zero-order chi connectivity index (χ0) is 13.1. The molecular formula is C13H23Cl2N3OS. The summed E-state index contributed by atoms with van der Waals surface area (Å²) in [6.45, 7) is 2.59. The van der Waals surface area contributed by atoms with Crippen LogP contribution >= 0.6 is 36.2 Å². The maximum absolute atomic E-state index is 12.3. The number of carbonyl (C=O) groups is 1. The Kier molecular flexibility index (Phi) is 8.66. The number of hydrogen-bond donors (Lipinski definition) is 1. The lowest BCUT2D eigenvalue weighted by Gasteiger charge is -2.29. The van der Waals surface area contributed by atoms with Gasteiger partial charge in [-0.15, -0.1) is 36.2 Å². The van der Waals surface area contributed by atoms with Crippen LogP contribution in [0.25, 0.3) is 0 Å². The first-order valence-corrected chi connectivity index (χ1v) is 7.36. The summed E-state index contributed by atoms with van der Waals surface area (Å²) in [6, 6.07) is 0.197. The van der Waals surface area contributed by atoms with Gasteiger partial charge in [0.25, 0.3) is 0 Å². The van der Waals surface area contributed by atoms with Crippen LogP contribution in [0.3, 0.4) is 0 Å². The molecule has 2 atom stereocenters. The van der Waals surface area contributed by atoms with E-state index in [-0.39, 0.29) is 42.7 Å². The molecule has 0 spiro atoms. The first-order valence-electron chi connectivity index (χ1n) is 6.48. The lowest BCUT2D eigenvalue weighted by molar-refractivity contribution is -0.136. The van der Waals surface area contributed by atoms with Crippen LogP contribution in [0.2, 0.25) is 0 Å². The van der Waals surface area contributed by atoms with Crippen LogP contribution in [0.15, 0.2) is 5.38 Å². The molecule has 0 saturated heterocycles. The lowest BCUT2D eigenvalue weighted by Crippen LogP contribution is -2.38. The minimum absolute atomic E-state index is 0. The van der Waals surface area contributed by atoms with Crippen LogP contribution in [0.4, 0.5) is 0 Å². The van der Waals surface area contributed by atoms with Gasteiger partial charge >= 0.3 is 0 Å². The van der Waals surface area contributed by atoms with E-state index in [0.29, 0.717) is 6.54 Å². The predicted molar refractivity (Wildman–Crippen MR) is 87.8 cm³/mol. The molecule has 2 N–H and O–H groups in total. The van der Waals surface area contributed by atoms with Crippen LogP contribution in [0.1, 0.15) is 36.4 Å². The molecule has 2 rings (SSSR count). The molecule has 20 heavy (non-hydrogen) atoms. The SMILES string of the molecule is Cc1nc(CN(C)C(=O)C2CCCC(N)C2)cs1.Cl.Cl. The van der Waals surface area contributed by atoms with Crippen LogP contribution in [-0.4, -0.2) is 28.9 Å². The van der Waals surface area contributed by atoms with Crippen molar-refractivity contribution in [3.63, 3.8) is 0 Å². The standard InChI is InChI=1S/C13H21N3OS.2ClH/c1-9-15-12(8-18-9)7-16(2)13(17)10-4-3-5-11(14)6-10;;/h8,10-11H,3-7,14H2,1-2H3;2*1H. The second-order valence-electron chi connectivity index (χ2n) is 5.18. The van der Waals surface area contributed by atoms with Crippen molar-refractivity contribution >= 4 is 42.1 Å². The molecule has 0 aromatic carbocycles. The van der Waals surface area contributed by atoms with Gasteiger partial charge in [0, 0.05) is 24.4 Å². The number of halogens is 2. The molecule has 1 amide bonds. The number of aryl methyl sites for hydroxylation is 1. The van der Waals surface area contributed by atoms with Crippen molar-refractivity contribution in [2.75, 3.05) is 7.05 Å². The Balaban J connectivity index is 0.00000180. The maximum Gasteiger partial charge on any atom is 0.225 e. The third-order valence-corrected chi connectivity index (χ3v) is 4.33. The second-order valence-corrected chi connectivity index (χ2v) is 6.24. The first kappa shape index (κ1) is 19.6. The van der Waals surface area contributed by atoms with Crippen LogP contribution < -0.4 is 5.73 Å². The smallest absolute Gasteiger partial charge is 0.225 e. The van der Waals surface area contributed by atoms with Crippen molar-refractivity contribution in [1.82, 2.24) is 9.88 Å². The fourth-order valence-corrected chi connectivity index (χ4v) is 3.17. The van der Waals surface area contributed by atoms with E-state index in [4.69, 9.17) is 5.73 Å². The maximum atomic E-state index is 12.3. The third-order valence-electron chi connectivity index (χ3n) is 3.51. The first-order chi connectivity index (χ1) is 8.56. The number of carbonyl (C=O) groups excluding carboxylic acids is 1. The number of rotatable bonds is 3. The fourth-order valence-electron chi connectivity index (χ4n) is 2.57. The van der Waals surface area contributed by atoms with Crippen molar-refractivity contribution in [2.24, 2.45) is 11.7 Å². The number of amides is 1. The lowest BCUT2D eigenvalue weighted by atomic mass is 9.85. The summed E-state index contributed by atoms with van der Waals surface area (Å²) in [7, 11) is 1.86. The Hall–Kier alpha value is -0.360. The van der Waals surface area contributed by atoms with Crippen LogP contribution in [-0.2, 0) is 11.3 Å². The summed E-state index contributed by atoms with van der Waals surface area (Å²) in [5, 5.41) is 3.07. The van der Waals surface area contributed by atoms with Gasteiger partial charge in [0.15, 0.2) is 0 Å². The Morgan fingerprint density at radius 2 is 2.20 bits per heavy atom. The van der Waals surface area contributed by atoms with Gasteiger partial charge in [0.05, 0.1) is 17.2 Å². The zero-order valence-electron chi connectivity index (χ0n) is 11.9. The van der Waals surface area contributed by atoms with Gasteiger partial charge in [-0.2, -0.15) is 0 Å². The monoisotopic (exact) mass is 339 g/mol. The molecule has 1 fully saturated rings. The average Bonchev–Trinajstić information content (AvgIpc) is 2.73. The van der Waals surface area contributed by atoms with E-state index in [9.17, 15) is 4.79 Å². The van der Waals surface area contributed by atoms with Crippen molar-refractivity contribution in [2.45, 2.75) is 45.2 Å². The van der Waals surface area contributed by atoms with E-state index in [2.05, 4.69) is 4.98 Å². The van der Waals surface area contributed by atoms with Gasteiger partial charge in [-0.1, -0.05) is 6.42 Å². The second kappa shape index (κ2) is 8.82. The molecule has 4 nitrogen and oxygen atoms in total. The quantitative estimate of drug-likeness (QED) is 0.920. The van der Waals surface area contributed by atoms with Gasteiger partial charge in [-0.05, 0) is 26.2 Å². The topological polar surface area (TPSA) is 59.2 Å². The van der Waals surface area contributed by atoms with E-state index >= 15 is 0 Å². The van der Waals surface area contributed by atoms with E-state index in [1.165, 1.54) is 0 Å². The Labute approximate surface area is 137 Å². The molecule has 1 aromatic heterocycles. The fraction of sp³-hybridized carbons (Fsp3) is 0.692. The van der Waals surface area contributed by atoms with Gasteiger partial charge < -0.3 is 10.6 Å². The number of hydrogen-bond acceptors (Lipinski definition) is 4. The molecular weight excluding hydrogens is 317 g/mol. The molecule has 0 bridgehead atoms. The molecule has 1 aliphatic carbocycles.